The predicted molar refractivity (Wildman–Crippen MR) is 83.7 cm³/mol. The maximum absolute atomic E-state index is 11.7. The maximum atomic E-state index is 11.7. The first-order chi connectivity index (χ1) is 10.2. The number of rotatable bonds is 2. The summed E-state index contributed by atoms with van der Waals surface area (Å²) in [7, 11) is 0. The fourth-order valence-electron chi connectivity index (χ4n) is 2.35. The number of hydrogen-bond acceptors (Lipinski definition) is 5. The number of nitrogens with zero attached hydrogens (tertiary/aromatic N) is 4. The number of carbonyl (C=O) groups excluding carboxylic acids is 1. The van der Waals surface area contributed by atoms with Crippen molar-refractivity contribution in [1.82, 2.24) is 9.88 Å². The number of aromatic nitrogens is 1. The van der Waals surface area contributed by atoms with E-state index in [-0.39, 0.29) is 12.3 Å². The van der Waals surface area contributed by atoms with Gasteiger partial charge in [-0.1, -0.05) is 22.9 Å². The molecule has 0 bridgehead atoms. The Bertz CT molecular complexity index is 715. The predicted octanol–water partition coefficient (Wildman–Crippen LogP) is 2.51. The molecule has 0 aliphatic carbocycles. The summed E-state index contributed by atoms with van der Waals surface area (Å²) in [5.74, 6) is -0.0896. The van der Waals surface area contributed by atoms with Crippen LogP contribution >= 0.6 is 22.9 Å². The van der Waals surface area contributed by atoms with Crippen LogP contribution in [0.1, 0.15) is 6.42 Å². The Morgan fingerprint density at radius 2 is 2.14 bits per heavy atom. The van der Waals surface area contributed by atoms with Crippen LogP contribution in [0.15, 0.2) is 18.2 Å². The van der Waals surface area contributed by atoms with Crippen molar-refractivity contribution >= 4 is 44.2 Å². The van der Waals surface area contributed by atoms with Crippen LogP contribution in [0.4, 0.5) is 5.13 Å². The third-order valence-electron chi connectivity index (χ3n) is 3.47. The summed E-state index contributed by atoms with van der Waals surface area (Å²) in [5, 5.41) is 10.2. The second kappa shape index (κ2) is 5.88. The fraction of sp³-hybridized carbons (Fsp3) is 0.357. The van der Waals surface area contributed by atoms with E-state index in [4.69, 9.17) is 16.9 Å². The van der Waals surface area contributed by atoms with Gasteiger partial charge < -0.3 is 9.80 Å². The molecule has 2 heterocycles. The van der Waals surface area contributed by atoms with E-state index in [0.29, 0.717) is 18.1 Å². The van der Waals surface area contributed by atoms with Gasteiger partial charge in [0.15, 0.2) is 5.13 Å². The van der Waals surface area contributed by atoms with Crippen molar-refractivity contribution in [2.75, 3.05) is 31.1 Å². The molecule has 21 heavy (non-hydrogen) atoms. The van der Waals surface area contributed by atoms with E-state index in [0.717, 1.165) is 28.4 Å². The van der Waals surface area contributed by atoms with Crippen molar-refractivity contribution in [1.29, 1.82) is 5.26 Å². The molecule has 1 aliphatic rings. The average molecular weight is 321 g/mol. The SMILES string of the molecule is N#CCC(=O)N1CCN(c2nc3ccc(Cl)cc3s2)CC1. The molecule has 1 amide bonds. The lowest BCUT2D eigenvalue weighted by Gasteiger charge is -2.34. The summed E-state index contributed by atoms with van der Waals surface area (Å²) >= 11 is 7.60. The Labute approximate surface area is 131 Å². The zero-order valence-electron chi connectivity index (χ0n) is 11.3. The molecule has 0 radical (unpaired) electrons. The van der Waals surface area contributed by atoms with Crippen molar-refractivity contribution in [3.05, 3.63) is 23.2 Å². The molecule has 108 valence electrons. The molecule has 3 rings (SSSR count). The molecule has 0 unspecified atom stereocenters. The second-order valence-corrected chi connectivity index (χ2v) is 6.26. The van der Waals surface area contributed by atoms with Gasteiger partial charge in [-0.3, -0.25) is 4.79 Å². The van der Waals surface area contributed by atoms with Crippen LogP contribution in [0.25, 0.3) is 10.2 Å². The number of halogens is 1. The molecule has 1 saturated heterocycles. The lowest BCUT2D eigenvalue weighted by atomic mass is 10.3. The number of benzene rings is 1. The van der Waals surface area contributed by atoms with Crippen LogP contribution in [-0.4, -0.2) is 42.0 Å². The van der Waals surface area contributed by atoms with E-state index in [1.807, 2.05) is 24.3 Å². The zero-order valence-corrected chi connectivity index (χ0v) is 12.8. The van der Waals surface area contributed by atoms with Gasteiger partial charge in [0.2, 0.25) is 5.91 Å². The summed E-state index contributed by atoms with van der Waals surface area (Å²) in [6.07, 6.45) is -0.0420. The number of piperazine rings is 1. The minimum atomic E-state index is -0.0896. The maximum Gasteiger partial charge on any atom is 0.236 e. The number of nitriles is 1. The van der Waals surface area contributed by atoms with Gasteiger partial charge in [-0.25, -0.2) is 4.98 Å². The Kier molecular flexibility index (Phi) is 3.95. The highest BCUT2D eigenvalue weighted by molar-refractivity contribution is 7.22. The summed E-state index contributed by atoms with van der Waals surface area (Å²) in [6.45, 7) is 2.75. The van der Waals surface area contributed by atoms with Crippen LogP contribution in [-0.2, 0) is 4.79 Å². The Morgan fingerprint density at radius 1 is 1.38 bits per heavy atom. The Balaban J connectivity index is 1.71. The van der Waals surface area contributed by atoms with Gasteiger partial charge in [0.25, 0.3) is 0 Å². The normalized spacial score (nSPS) is 15.2. The molecule has 1 aromatic carbocycles. The van der Waals surface area contributed by atoms with E-state index in [9.17, 15) is 4.79 Å². The minimum Gasteiger partial charge on any atom is -0.345 e. The quantitative estimate of drug-likeness (QED) is 0.853. The number of amides is 1. The minimum absolute atomic E-state index is 0.0420. The second-order valence-electron chi connectivity index (χ2n) is 4.81. The molecule has 1 fully saturated rings. The molecule has 1 aliphatic heterocycles. The topological polar surface area (TPSA) is 60.2 Å². The number of hydrogen-bond donors (Lipinski definition) is 0. The monoisotopic (exact) mass is 320 g/mol. The Hall–Kier alpha value is -1.84. The summed E-state index contributed by atoms with van der Waals surface area (Å²) in [5.41, 5.74) is 0.947. The third-order valence-corrected chi connectivity index (χ3v) is 4.79. The van der Waals surface area contributed by atoms with Crippen molar-refractivity contribution in [2.45, 2.75) is 6.42 Å². The first kappa shape index (κ1) is 14.1. The van der Waals surface area contributed by atoms with Gasteiger partial charge in [-0.05, 0) is 18.2 Å². The molecule has 5 nitrogen and oxygen atoms in total. The van der Waals surface area contributed by atoms with Crippen molar-refractivity contribution < 1.29 is 4.79 Å². The first-order valence-electron chi connectivity index (χ1n) is 6.63. The molecule has 0 spiro atoms. The molecule has 2 aromatic rings. The van der Waals surface area contributed by atoms with Crippen molar-refractivity contribution in [2.24, 2.45) is 0 Å². The number of anilines is 1. The third kappa shape index (κ3) is 2.94. The highest BCUT2D eigenvalue weighted by Crippen LogP contribution is 2.31. The molecular weight excluding hydrogens is 308 g/mol. The van der Waals surface area contributed by atoms with Crippen LogP contribution in [0.3, 0.4) is 0 Å². The van der Waals surface area contributed by atoms with Crippen molar-refractivity contribution in [3.63, 3.8) is 0 Å². The largest absolute Gasteiger partial charge is 0.345 e. The van der Waals surface area contributed by atoms with Gasteiger partial charge in [-0.2, -0.15) is 5.26 Å². The summed E-state index contributed by atoms with van der Waals surface area (Å²) in [4.78, 5) is 20.2. The van der Waals surface area contributed by atoms with Gasteiger partial charge >= 0.3 is 0 Å². The lowest BCUT2D eigenvalue weighted by molar-refractivity contribution is -0.130. The highest BCUT2D eigenvalue weighted by atomic mass is 35.5. The van der Waals surface area contributed by atoms with Crippen LogP contribution in [0.5, 0.6) is 0 Å². The van der Waals surface area contributed by atoms with Crippen LogP contribution in [0.2, 0.25) is 5.02 Å². The van der Waals surface area contributed by atoms with E-state index in [2.05, 4.69) is 9.88 Å². The number of fused-ring (bicyclic) bond motifs is 1. The molecular formula is C14H13ClN4OS. The molecule has 0 saturated carbocycles. The van der Waals surface area contributed by atoms with Gasteiger partial charge in [0.1, 0.15) is 6.42 Å². The van der Waals surface area contributed by atoms with Crippen LogP contribution in [0, 0.1) is 11.3 Å². The summed E-state index contributed by atoms with van der Waals surface area (Å²) < 4.78 is 1.07. The van der Waals surface area contributed by atoms with Crippen molar-refractivity contribution in [3.8, 4) is 6.07 Å². The molecule has 7 heteroatoms. The lowest BCUT2D eigenvalue weighted by Crippen LogP contribution is -2.48. The summed E-state index contributed by atoms with van der Waals surface area (Å²) in [6, 6.07) is 7.58. The van der Waals surface area contributed by atoms with E-state index in [1.54, 1.807) is 16.2 Å². The van der Waals surface area contributed by atoms with Gasteiger partial charge in [-0.15, -0.1) is 0 Å². The van der Waals surface area contributed by atoms with Crippen LogP contribution < -0.4 is 4.90 Å². The fourth-order valence-corrected chi connectivity index (χ4v) is 3.64. The smallest absolute Gasteiger partial charge is 0.236 e. The molecule has 1 aromatic heterocycles. The van der Waals surface area contributed by atoms with E-state index >= 15 is 0 Å². The Morgan fingerprint density at radius 3 is 2.86 bits per heavy atom. The molecule has 0 atom stereocenters. The van der Waals surface area contributed by atoms with Gasteiger partial charge in [0, 0.05) is 31.2 Å². The standard InChI is InChI=1S/C14H13ClN4OS/c15-10-1-2-11-12(9-10)21-14(17-11)19-7-5-18(6-8-19)13(20)3-4-16/h1-2,9H,3,5-8H2. The van der Waals surface area contributed by atoms with E-state index < -0.39 is 0 Å². The zero-order chi connectivity index (χ0) is 14.8. The van der Waals surface area contributed by atoms with E-state index in [1.165, 1.54) is 0 Å². The number of carbonyl (C=O) groups is 1. The highest BCUT2D eigenvalue weighted by Gasteiger charge is 2.22. The first-order valence-corrected chi connectivity index (χ1v) is 7.82. The molecule has 0 N–H and O–H groups in total. The number of thiazole rings is 1. The average Bonchev–Trinajstić information content (AvgIpc) is 2.90. The van der Waals surface area contributed by atoms with Gasteiger partial charge in [0.05, 0.1) is 16.3 Å².